The summed E-state index contributed by atoms with van der Waals surface area (Å²) < 4.78 is 25.2. The van der Waals surface area contributed by atoms with Crippen molar-refractivity contribution in [3.63, 3.8) is 0 Å². The van der Waals surface area contributed by atoms with Crippen LogP contribution < -0.4 is 4.74 Å². The molecule has 2 aliphatic rings. The van der Waals surface area contributed by atoms with E-state index in [1.807, 2.05) is 24.3 Å². The number of methoxy groups -OCH3 is 2. The van der Waals surface area contributed by atoms with Crippen molar-refractivity contribution in [2.24, 2.45) is 11.0 Å². The molecule has 2 amide bonds. The Morgan fingerprint density at radius 1 is 1.12 bits per heavy atom. The molecule has 2 aromatic rings. The molecule has 33 heavy (non-hydrogen) atoms. The first-order valence-corrected chi connectivity index (χ1v) is 11.1. The Morgan fingerprint density at radius 3 is 2.55 bits per heavy atom. The molecule has 0 N–H and O–H groups in total. The maximum absolute atomic E-state index is 14.5. The first-order chi connectivity index (χ1) is 16.0. The summed E-state index contributed by atoms with van der Waals surface area (Å²) in [5.74, 6) is -0.157. The highest BCUT2D eigenvalue weighted by molar-refractivity contribution is 6.03. The molecule has 1 heterocycles. The van der Waals surface area contributed by atoms with E-state index in [2.05, 4.69) is 5.10 Å². The quantitative estimate of drug-likeness (QED) is 0.584. The molecule has 1 aliphatic carbocycles. The Kier molecular flexibility index (Phi) is 7.03. The molecule has 0 bridgehead atoms. The van der Waals surface area contributed by atoms with Crippen LogP contribution in [0.5, 0.6) is 5.75 Å². The van der Waals surface area contributed by atoms with Crippen molar-refractivity contribution in [1.29, 1.82) is 0 Å². The Morgan fingerprint density at radius 2 is 1.85 bits per heavy atom. The second-order valence-electron chi connectivity index (χ2n) is 8.25. The molecule has 1 unspecified atom stereocenters. The van der Waals surface area contributed by atoms with Gasteiger partial charge in [0, 0.05) is 37.1 Å². The van der Waals surface area contributed by atoms with E-state index in [0.29, 0.717) is 36.6 Å². The van der Waals surface area contributed by atoms with Crippen molar-refractivity contribution in [2.75, 3.05) is 33.9 Å². The van der Waals surface area contributed by atoms with Gasteiger partial charge in [-0.2, -0.15) is 5.10 Å². The van der Waals surface area contributed by atoms with Crippen molar-refractivity contribution in [2.45, 2.75) is 25.3 Å². The van der Waals surface area contributed by atoms with Gasteiger partial charge >= 0.3 is 0 Å². The standard InChI is InChI=1S/C25H28FN3O4/c1-32-14-13-28(25(31)17-11-12-17)16-24(30)29-22(19-8-4-6-10-23(19)33-2)15-21(27-29)18-7-3-5-9-20(18)26/h3-10,17,22H,11-16H2,1-2H3. The maximum Gasteiger partial charge on any atom is 0.262 e. The number of benzene rings is 2. The number of carbonyl (C=O) groups is 2. The number of hydrogen-bond acceptors (Lipinski definition) is 5. The molecule has 1 aliphatic heterocycles. The Labute approximate surface area is 192 Å². The fourth-order valence-corrected chi connectivity index (χ4v) is 4.08. The van der Waals surface area contributed by atoms with Gasteiger partial charge in [-0.05, 0) is 25.0 Å². The average Bonchev–Trinajstić information content (AvgIpc) is 3.59. The summed E-state index contributed by atoms with van der Waals surface area (Å²) in [5.41, 5.74) is 1.62. The second-order valence-corrected chi connectivity index (χ2v) is 8.25. The molecule has 0 aromatic heterocycles. The van der Waals surface area contributed by atoms with Gasteiger partial charge in [0.1, 0.15) is 18.1 Å². The van der Waals surface area contributed by atoms with Crippen LogP contribution in [0.1, 0.15) is 36.4 Å². The SMILES string of the molecule is COCCN(CC(=O)N1N=C(c2ccccc2F)CC1c1ccccc1OC)C(=O)C1CC1. The van der Waals surface area contributed by atoms with Gasteiger partial charge in [-0.15, -0.1) is 0 Å². The summed E-state index contributed by atoms with van der Waals surface area (Å²) in [5, 5.41) is 5.92. The number of hydrogen-bond donors (Lipinski definition) is 0. The molecular formula is C25H28FN3O4. The van der Waals surface area contributed by atoms with Gasteiger partial charge in [-0.1, -0.05) is 36.4 Å². The summed E-state index contributed by atoms with van der Waals surface area (Å²) >= 11 is 0. The molecule has 7 nitrogen and oxygen atoms in total. The van der Waals surface area contributed by atoms with Gasteiger partial charge in [0.2, 0.25) is 5.91 Å². The van der Waals surface area contributed by atoms with Crippen molar-refractivity contribution in [3.05, 3.63) is 65.5 Å². The Balaban J connectivity index is 1.65. The van der Waals surface area contributed by atoms with E-state index in [4.69, 9.17) is 9.47 Å². The van der Waals surface area contributed by atoms with Crippen LogP contribution in [-0.2, 0) is 14.3 Å². The Hall–Kier alpha value is -3.26. The number of rotatable bonds is 9. The molecule has 1 fully saturated rings. The first kappa shape index (κ1) is 22.9. The van der Waals surface area contributed by atoms with Crippen LogP contribution in [0.3, 0.4) is 0 Å². The third-order valence-electron chi connectivity index (χ3n) is 5.98. The molecule has 0 spiro atoms. The lowest BCUT2D eigenvalue weighted by atomic mass is 9.97. The van der Waals surface area contributed by atoms with Crippen LogP contribution in [0.4, 0.5) is 4.39 Å². The molecule has 174 valence electrons. The zero-order valence-electron chi connectivity index (χ0n) is 18.9. The van der Waals surface area contributed by atoms with Crippen molar-refractivity contribution < 1.29 is 23.5 Å². The van der Waals surface area contributed by atoms with Crippen LogP contribution in [0, 0.1) is 11.7 Å². The molecule has 0 saturated heterocycles. The fourth-order valence-electron chi connectivity index (χ4n) is 4.08. The summed E-state index contributed by atoms with van der Waals surface area (Å²) in [6.45, 7) is 0.554. The van der Waals surface area contributed by atoms with Crippen LogP contribution >= 0.6 is 0 Å². The van der Waals surface area contributed by atoms with Gasteiger partial charge < -0.3 is 14.4 Å². The minimum atomic E-state index is -0.469. The number of hydrazone groups is 1. The van der Waals surface area contributed by atoms with Gasteiger partial charge in [-0.25, -0.2) is 9.40 Å². The van der Waals surface area contributed by atoms with Crippen LogP contribution in [0.15, 0.2) is 53.6 Å². The minimum absolute atomic E-state index is 0.0178. The van der Waals surface area contributed by atoms with E-state index in [1.165, 1.54) is 11.1 Å². The van der Waals surface area contributed by atoms with E-state index in [0.717, 1.165) is 18.4 Å². The van der Waals surface area contributed by atoms with Crippen molar-refractivity contribution in [3.8, 4) is 5.75 Å². The first-order valence-electron chi connectivity index (χ1n) is 11.1. The normalized spacial score (nSPS) is 17.6. The summed E-state index contributed by atoms with van der Waals surface area (Å²) in [6, 6.07) is 13.3. The second kappa shape index (κ2) is 10.1. The summed E-state index contributed by atoms with van der Waals surface area (Å²) in [4.78, 5) is 27.7. The minimum Gasteiger partial charge on any atom is -0.496 e. The van der Waals surface area contributed by atoms with Crippen LogP contribution in [0.25, 0.3) is 0 Å². The van der Waals surface area contributed by atoms with Crippen LogP contribution in [0.2, 0.25) is 0 Å². The molecule has 4 rings (SSSR count). The number of ether oxygens (including phenoxy) is 2. The monoisotopic (exact) mass is 453 g/mol. The summed E-state index contributed by atoms with van der Waals surface area (Å²) in [6.07, 6.45) is 2.03. The zero-order valence-corrected chi connectivity index (χ0v) is 18.9. The molecule has 1 atom stereocenters. The van der Waals surface area contributed by atoms with Crippen molar-refractivity contribution >= 4 is 17.5 Å². The maximum atomic E-state index is 14.5. The Bertz CT molecular complexity index is 1050. The lowest BCUT2D eigenvalue weighted by molar-refractivity contribution is -0.142. The highest BCUT2D eigenvalue weighted by Crippen LogP contribution is 2.38. The molecule has 2 aromatic carbocycles. The van der Waals surface area contributed by atoms with Gasteiger partial charge in [-0.3, -0.25) is 9.59 Å². The molecule has 8 heteroatoms. The largest absolute Gasteiger partial charge is 0.496 e. The van der Waals surface area contributed by atoms with Crippen LogP contribution in [-0.4, -0.2) is 61.4 Å². The highest BCUT2D eigenvalue weighted by atomic mass is 19.1. The van der Waals surface area contributed by atoms with Crippen molar-refractivity contribution in [1.82, 2.24) is 9.91 Å². The van der Waals surface area contributed by atoms with E-state index in [-0.39, 0.29) is 24.3 Å². The van der Waals surface area contributed by atoms with E-state index in [1.54, 1.807) is 37.3 Å². The predicted molar refractivity (Wildman–Crippen MR) is 121 cm³/mol. The topological polar surface area (TPSA) is 71.4 Å². The van der Waals surface area contributed by atoms with Gasteiger partial charge in [0.25, 0.3) is 5.91 Å². The highest BCUT2D eigenvalue weighted by Gasteiger charge is 2.38. The lowest BCUT2D eigenvalue weighted by Gasteiger charge is -2.27. The molecule has 0 radical (unpaired) electrons. The zero-order chi connectivity index (χ0) is 23.4. The third kappa shape index (κ3) is 5.06. The predicted octanol–water partition coefficient (Wildman–Crippen LogP) is 3.40. The summed E-state index contributed by atoms with van der Waals surface area (Å²) in [7, 11) is 3.13. The smallest absolute Gasteiger partial charge is 0.262 e. The van der Waals surface area contributed by atoms with E-state index < -0.39 is 11.9 Å². The lowest BCUT2D eigenvalue weighted by Crippen LogP contribution is -2.43. The number of para-hydroxylation sites is 1. The fraction of sp³-hybridized carbons (Fsp3) is 0.400. The third-order valence-corrected chi connectivity index (χ3v) is 5.98. The average molecular weight is 454 g/mol. The number of halogens is 1. The number of carbonyl (C=O) groups excluding carboxylic acids is 2. The van der Waals surface area contributed by atoms with E-state index in [9.17, 15) is 14.0 Å². The number of nitrogens with zero attached hydrogens (tertiary/aromatic N) is 3. The van der Waals surface area contributed by atoms with E-state index >= 15 is 0 Å². The molecular weight excluding hydrogens is 425 g/mol. The number of amides is 2. The molecule has 1 saturated carbocycles. The van der Waals surface area contributed by atoms with Gasteiger partial charge in [0.05, 0.1) is 25.5 Å². The van der Waals surface area contributed by atoms with Gasteiger partial charge in [0.15, 0.2) is 0 Å².